The van der Waals surface area contributed by atoms with Gasteiger partial charge in [-0.15, -0.1) is 0 Å². The summed E-state index contributed by atoms with van der Waals surface area (Å²) >= 11 is 0. The summed E-state index contributed by atoms with van der Waals surface area (Å²) in [7, 11) is 0. The van der Waals surface area contributed by atoms with Crippen LogP contribution in [0.5, 0.6) is 0 Å². The summed E-state index contributed by atoms with van der Waals surface area (Å²) in [5, 5.41) is 9.87. The first-order valence-electron chi connectivity index (χ1n) is 6.51. The molecule has 0 spiro atoms. The lowest BCUT2D eigenvalue weighted by Gasteiger charge is -2.15. The van der Waals surface area contributed by atoms with E-state index in [4.69, 9.17) is 0 Å². The molecule has 0 bridgehead atoms. The molecule has 2 rings (SSSR count). The van der Waals surface area contributed by atoms with Crippen LogP contribution in [0.4, 0.5) is 8.78 Å². The van der Waals surface area contributed by atoms with Crippen molar-refractivity contribution in [3.05, 3.63) is 30.1 Å². The summed E-state index contributed by atoms with van der Waals surface area (Å²) < 4.78 is 26.0. The normalized spacial score (nSPS) is 24.1. The maximum atomic E-state index is 13.0. The number of alkyl halides is 2. The average molecular weight is 255 g/mol. The molecule has 0 aromatic carbocycles. The molecular weight excluding hydrogens is 236 g/mol. The highest BCUT2D eigenvalue weighted by molar-refractivity contribution is 5.03. The number of rotatable bonds is 5. The lowest BCUT2D eigenvalue weighted by Crippen LogP contribution is -2.15. The van der Waals surface area contributed by atoms with Crippen LogP contribution in [-0.2, 0) is 6.42 Å². The van der Waals surface area contributed by atoms with Gasteiger partial charge in [0.1, 0.15) is 0 Å². The second-order valence-corrected chi connectivity index (χ2v) is 5.21. The van der Waals surface area contributed by atoms with Crippen LogP contribution < -0.4 is 0 Å². The van der Waals surface area contributed by atoms with E-state index >= 15 is 0 Å². The minimum atomic E-state index is -2.51. The maximum Gasteiger partial charge on any atom is 0.248 e. The van der Waals surface area contributed by atoms with Gasteiger partial charge in [-0.2, -0.15) is 0 Å². The van der Waals surface area contributed by atoms with Crippen molar-refractivity contribution in [1.29, 1.82) is 0 Å². The van der Waals surface area contributed by atoms with Gasteiger partial charge in [0, 0.05) is 24.7 Å². The number of aliphatic hydroxyl groups excluding tert-OH is 1. The van der Waals surface area contributed by atoms with Crippen LogP contribution in [0.15, 0.2) is 24.4 Å². The highest BCUT2D eigenvalue weighted by Gasteiger charge is 2.39. The van der Waals surface area contributed by atoms with Crippen molar-refractivity contribution in [2.24, 2.45) is 5.92 Å². The summed E-state index contributed by atoms with van der Waals surface area (Å²) in [6.07, 6.45) is 3.46. The van der Waals surface area contributed by atoms with E-state index in [1.54, 1.807) is 6.20 Å². The number of nitrogens with zero attached hydrogens (tertiary/aromatic N) is 1. The van der Waals surface area contributed by atoms with E-state index in [1.807, 2.05) is 18.2 Å². The Morgan fingerprint density at radius 1 is 1.44 bits per heavy atom. The van der Waals surface area contributed by atoms with E-state index in [0.29, 0.717) is 25.7 Å². The van der Waals surface area contributed by atoms with Gasteiger partial charge in [-0.1, -0.05) is 6.07 Å². The summed E-state index contributed by atoms with van der Waals surface area (Å²) in [6, 6.07) is 5.67. The Bertz CT molecular complexity index is 369. The Hall–Kier alpha value is -1.03. The molecule has 1 aromatic heterocycles. The molecule has 4 heteroatoms. The van der Waals surface area contributed by atoms with E-state index in [9.17, 15) is 13.9 Å². The smallest absolute Gasteiger partial charge is 0.248 e. The zero-order valence-corrected chi connectivity index (χ0v) is 10.4. The zero-order valence-electron chi connectivity index (χ0n) is 10.4. The van der Waals surface area contributed by atoms with Gasteiger partial charge in [0.05, 0.1) is 6.10 Å². The number of pyridine rings is 1. The Morgan fingerprint density at radius 3 is 2.89 bits per heavy atom. The molecule has 0 radical (unpaired) electrons. The Balaban J connectivity index is 1.71. The van der Waals surface area contributed by atoms with E-state index in [2.05, 4.69) is 4.98 Å². The number of hydrogen-bond acceptors (Lipinski definition) is 2. The fraction of sp³-hybridized carbons (Fsp3) is 0.643. The molecule has 1 aromatic rings. The lowest BCUT2D eigenvalue weighted by molar-refractivity contribution is 0.00245. The predicted octanol–water partition coefficient (Wildman–Crippen LogP) is 3.20. The monoisotopic (exact) mass is 255 g/mol. The van der Waals surface area contributed by atoms with Gasteiger partial charge < -0.3 is 5.11 Å². The minimum absolute atomic E-state index is 0.0232. The van der Waals surface area contributed by atoms with Crippen LogP contribution in [0.3, 0.4) is 0 Å². The van der Waals surface area contributed by atoms with Crippen molar-refractivity contribution >= 4 is 0 Å². The first-order valence-corrected chi connectivity index (χ1v) is 6.51. The fourth-order valence-electron chi connectivity index (χ4n) is 2.61. The third kappa shape index (κ3) is 4.02. The highest BCUT2D eigenvalue weighted by atomic mass is 19.3. The molecular formula is C14H19F2NO. The third-order valence-electron chi connectivity index (χ3n) is 3.57. The van der Waals surface area contributed by atoms with E-state index in [-0.39, 0.29) is 18.8 Å². The molecule has 18 heavy (non-hydrogen) atoms. The van der Waals surface area contributed by atoms with E-state index in [1.165, 1.54) is 0 Å². The van der Waals surface area contributed by atoms with Crippen LogP contribution >= 0.6 is 0 Å². The molecule has 1 saturated carbocycles. The van der Waals surface area contributed by atoms with Gasteiger partial charge in [0.15, 0.2) is 0 Å². The summed E-state index contributed by atoms with van der Waals surface area (Å²) in [5.74, 6) is -2.54. The molecule has 100 valence electrons. The third-order valence-corrected chi connectivity index (χ3v) is 3.57. The van der Waals surface area contributed by atoms with Crippen LogP contribution in [0.2, 0.25) is 0 Å². The quantitative estimate of drug-likeness (QED) is 0.876. The van der Waals surface area contributed by atoms with E-state index < -0.39 is 12.0 Å². The van der Waals surface area contributed by atoms with Crippen molar-refractivity contribution in [3.8, 4) is 0 Å². The Labute approximate surface area is 106 Å². The molecule has 2 atom stereocenters. The second kappa shape index (κ2) is 5.74. The first kappa shape index (κ1) is 13.4. The zero-order chi connectivity index (χ0) is 13.0. The van der Waals surface area contributed by atoms with Gasteiger partial charge in [-0.05, 0) is 43.7 Å². The number of aliphatic hydroxyl groups is 1. The molecule has 2 unspecified atom stereocenters. The number of hydrogen-bond donors (Lipinski definition) is 1. The standard InChI is InChI=1S/C14H19F2NO/c15-14(16)7-6-11(10-14)9-13(18)5-4-12-3-1-2-8-17-12/h1-3,8,11,13,18H,4-7,9-10H2. The molecule has 1 aliphatic rings. The van der Waals surface area contributed by atoms with Crippen molar-refractivity contribution in [1.82, 2.24) is 4.98 Å². The lowest BCUT2D eigenvalue weighted by atomic mass is 9.97. The van der Waals surface area contributed by atoms with Gasteiger partial charge in [0.25, 0.3) is 0 Å². The molecule has 1 aliphatic carbocycles. The fourth-order valence-corrected chi connectivity index (χ4v) is 2.61. The molecule has 1 N–H and O–H groups in total. The Morgan fingerprint density at radius 2 is 2.28 bits per heavy atom. The summed E-state index contributed by atoms with van der Waals surface area (Å²) in [4.78, 5) is 4.17. The highest BCUT2D eigenvalue weighted by Crippen LogP contribution is 2.40. The maximum absolute atomic E-state index is 13.0. The SMILES string of the molecule is OC(CCc1ccccn1)CC1CCC(F)(F)C1. The summed E-state index contributed by atoms with van der Waals surface area (Å²) in [6.45, 7) is 0. The van der Waals surface area contributed by atoms with Gasteiger partial charge in [0.2, 0.25) is 5.92 Å². The van der Waals surface area contributed by atoms with Gasteiger partial charge in [-0.3, -0.25) is 4.98 Å². The van der Waals surface area contributed by atoms with Crippen molar-refractivity contribution < 1.29 is 13.9 Å². The second-order valence-electron chi connectivity index (χ2n) is 5.21. The van der Waals surface area contributed by atoms with E-state index in [0.717, 1.165) is 5.69 Å². The van der Waals surface area contributed by atoms with Crippen molar-refractivity contribution in [3.63, 3.8) is 0 Å². The first-order chi connectivity index (χ1) is 8.55. The number of halogens is 2. The Kier molecular flexibility index (Phi) is 4.27. The number of aryl methyl sites for hydroxylation is 1. The molecule has 0 saturated heterocycles. The van der Waals surface area contributed by atoms with Crippen LogP contribution in [0.25, 0.3) is 0 Å². The predicted molar refractivity (Wildman–Crippen MR) is 65.5 cm³/mol. The van der Waals surface area contributed by atoms with Crippen LogP contribution in [0, 0.1) is 5.92 Å². The van der Waals surface area contributed by atoms with Crippen LogP contribution in [0.1, 0.15) is 37.8 Å². The van der Waals surface area contributed by atoms with Gasteiger partial charge >= 0.3 is 0 Å². The molecule has 0 aliphatic heterocycles. The topological polar surface area (TPSA) is 33.1 Å². The van der Waals surface area contributed by atoms with Gasteiger partial charge in [-0.25, -0.2) is 8.78 Å². The molecule has 2 nitrogen and oxygen atoms in total. The molecule has 1 heterocycles. The minimum Gasteiger partial charge on any atom is -0.393 e. The average Bonchev–Trinajstić information content (AvgIpc) is 2.67. The molecule has 1 fully saturated rings. The van der Waals surface area contributed by atoms with Crippen molar-refractivity contribution in [2.45, 2.75) is 50.6 Å². The summed E-state index contributed by atoms with van der Waals surface area (Å²) in [5.41, 5.74) is 0.938. The van der Waals surface area contributed by atoms with Crippen LogP contribution in [-0.4, -0.2) is 22.1 Å². The molecule has 0 amide bonds. The van der Waals surface area contributed by atoms with Crippen molar-refractivity contribution in [2.75, 3.05) is 0 Å². The number of aromatic nitrogens is 1. The largest absolute Gasteiger partial charge is 0.393 e.